The molecule has 0 aromatic rings. The summed E-state index contributed by atoms with van der Waals surface area (Å²) < 4.78 is 0. The van der Waals surface area contributed by atoms with Gasteiger partial charge in [-0.2, -0.15) is 0 Å². The maximum atomic E-state index is 11.2. The average Bonchev–Trinajstić information content (AvgIpc) is 2.17. The zero-order valence-electron chi connectivity index (χ0n) is 7.72. The average molecular weight is 155 g/mol. The summed E-state index contributed by atoms with van der Waals surface area (Å²) in [6, 6.07) is 0.387. The molecule has 1 amide bonds. The molecule has 0 bridgehead atoms. The maximum absolute atomic E-state index is 11.2. The minimum absolute atomic E-state index is 0.197. The largest absolute Gasteiger partial charge is 0.353 e. The molecule has 1 saturated heterocycles. The van der Waals surface area contributed by atoms with Crippen molar-refractivity contribution in [3.8, 4) is 0 Å². The molecule has 1 N–H and O–H groups in total. The molecule has 1 fully saturated rings. The number of nitrogens with one attached hydrogen (secondary N) is 1. The van der Waals surface area contributed by atoms with Gasteiger partial charge in [0.15, 0.2) is 0 Å². The van der Waals surface area contributed by atoms with Crippen LogP contribution in [0.1, 0.15) is 27.7 Å². The molecule has 0 spiro atoms. The Balaban J connectivity index is 2.67. The summed E-state index contributed by atoms with van der Waals surface area (Å²) in [6.45, 7) is 8.45. The molecule has 64 valence electrons. The van der Waals surface area contributed by atoms with Crippen molar-refractivity contribution >= 4 is 5.91 Å². The molecule has 3 atom stereocenters. The van der Waals surface area contributed by atoms with E-state index in [0.717, 1.165) is 0 Å². The van der Waals surface area contributed by atoms with Gasteiger partial charge in [-0.05, 0) is 11.8 Å². The van der Waals surface area contributed by atoms with Gasteiger partial charge in [0.1, 0.15) is 0 Å². The summed E-state index contributed by atoms with van der Waals surface area (Å²) in [6.07, 6.45) is 0. The van der Waals surface area contributed by atoms with Crippen molar-refractivity contribution in [2.75, 3.05) is 0 Å². The Kier molecular flexibility index (Phi) is 2.21. The molecule has 0 saturated carbocycles. The van der Waals surface area contributed by atoms with E-state index in [0.29, 0.717) is 17.9 Å². The molecule has 0 aromatic heterocycles. The molecule has 0 aliphatic carbocycles. The second kappa shape index (κ2) is 2.84. The van der Waals surface area contributed by atoms with E-state index < -0.39 is 0 Å². The second-order valence-corrected chi connectivity index (χ2v) is 3.93. The minimum Gasteiger partial charge on any atom is -0.353 e. The van der Waals surface area contributed by atoms with Gasteiger partial charge in [0.05, 0.1) is 0 Å². The summed E-state index contributed by atoms with van der Waals surface area (Å²) in [5.41, 5.74) is 0. The van der Waals surface area contributed by atoms with Crippen molar-refractivity contribution in [1.29, 1.82) is 0 Å². The third-order valence-corrected chi connectivity index (χ3v) is 2.80. The van der Waals surface area contributed by atoms with Crippen LogP contribution in [0.15, 0.2) is 0 Å². The summed E-state index contributed by atoms with van der Waals surface area (Å²) in [5, 5.41) is 3.01. The Labute approximate surface area is 68.4 Å². The van der Waals surface area contributed by atoms with Gasteiger partial charge in [-0.1, -0.05) is 27.7 Å². The summed E-state index contributed by atoms with van der Waals surface area (Å²) >= 11 is 0. The van der Waals surface area contributed by atoms with E-state index in [4.69, 9.17) is 0 Å². The second-order valence-electron chi connectivity index (χ2n) is 3.93. The van der Waals surface area contributed by atoms with Crippen molar-refractivity contribution in [2.45, 2.75) is 33.7 Å². The standard InChI is InChI=1S/C9H17NO/c1-5(2)8-6(3)7(4)9(11)10-8/h5-8H,1-4H3,(H,10,11). The maximum Gasteiger partial charge on any atom is 0.223 e. The topological polar surface area (TPSA) is 29.1 Å². The molecular weight excluding hydrogens is 138 g/mol. The van der Waals surface area contributed by atoms with E-state index >= 15 is 0 Å². The van der Waals surface area contributed by atoms with Crippen molar-refractivity contribution in [3.63, 3.8) is 0 Å². The van der Waals surface area contributed by atoms with Gasteiger partial charge in [0.25, 0.3) is 0 Å². The van der Waals surface area contributed by atoms with E-state index in [1.807, 2.05) is 6.92 Å². The number of hydrogen-bond donors (Lipinski definition) is 1. The highest BCUT2D eigenvalue weighted by molar-refractivity contribution is 5.81. The molecule has 0 radical (unpaired) electrons. The van der Waals surface area contributed by atoms with E-state index in [2.05, 4.69) is 26.1 Å². The van der Waals surface area contributed by atoms with Crippen molar-refractivity contribution in [2.24, 2.45) is 17.8 Å². The fourth-order valence-electron chi connectivity index (χ4n) is 1.75. The molecule has 1 aliphatic rings. The highest BCUT2D eigenvalue weighted by Gasteiger charge is 2.37. The van der Waals surface area contributed by atoms with Gasteiger partial charge in [0.2, 0.25) is 5.91 Å². The predicted octanol–water partition coefficient (Wildman–Crippen LogP) is 1.41. The molecule has 2 nitrogen and oxygen atoms in total. The van der Waals surface area contributed by atoms with Crippen LogP contribution in [0.2, 0.25) is 0 Å². The number of carbonyl (C=O) groups excluding carboxylic acids is 1. The van der Waals surface area contributed by atoms with Gasteiger partial charge < -0.3 is 5.32 Å². The third kappa shape index (κ3) is 1.39. The van der Waals surface area contributed by atoms with E-state index in [-0.39, 0.29) is 11.8 Å². The van der Waals surface area contributed by atoms with Gasteiger partial charge >= 0.3 is 0 Å². The Morgan fingerprint density at radius 2 is 1.91 bits per heavy atom. The third-order valence-electron chi connectivity index (χ3n) is 2.80. The molecule has 1 aliphatic heterocycles. The lowest BCUT2D eigenvalue weighted by molar-refractivity contribution is -0.122. The Morgan fingerprint density at radius 1 is 1.36 bits per heavy atom. The lowest BCUT2D eigenvalue weighted by Gasteiger charge is -2.19. The lowest BCUT2D eigenvalue weighted by atomic mass is 9.88. The monoisotopic (exact) mass is 155 g/mol. The smallest absolute Gasteiger partial charge is 0.223 e. The van der Waals surface area contributed by atoms with E-state index in [1.54, 1.807) is 0 Å². The number of carbonyl (C=O) groups is 1. The quantitative estimate of drug-likeness (QED) is 0.609. The number of hydrogen-bond acceptors (Lipinski definition) is 1. The Hall–Kier alpha value is -0.530. The van der Waals surface area contributed by atoms with Crippen LogP contribution in [-0.2, 0) is 4.79 Å². The van der Waals surface area contributed by atoms with Crippen LogP contribution in [0.25, 0.3) is 0 Å². The Bertz CT molecular complexity index is 165. The molecule has 1 rings (SSSR count). The fourth-order valence-corrected chi connectivity index (χ4v) is 1.75. The summed E-state index contributed by atoms with van der Waals surface area (Å²) in [7, 11) is 0. The highest BCUT2D eigenvalue weighted by Crippen LogP contribution is 2.26. The zero-order chi connectivity index (χ0) is 8.59. The van der Waals surface area contributed by atoms with E-state index in [9.17, 15) is 4.79 Å². The molecule has 1 heterocycles. The Morgan fingerprint density at radius 3 is 2.09 bits per heavy atom. The van der Waals surface area contributed by atoms with Gasteiger partial charge in [0, 0.05) is 12.0 Å². The van der Waals surface area contributed by atoms with Crippen LogP contribution < -0.4 is 5.32 Å². The summed E-state index contributed by atoms with van der Waals surface area (Å²) in [4.78, 5) is 11.2. The fraction of sp³-hybridized carbons (Fsp3) is 0.889. The van der Waals surface area contributed by atoms with Crippen LogP contribution >= 0.6 is 0 Å². The first-order valence-corrected chi connectivity index (χ1v) is 4.34. The molecular formula is C9H17NO. The summed E-state index contributed by atoms with van der Waals surface area (Å²) in [5.74, 6) is 1.46. The first-order chi connectivity index (χ1) is 5.04. The van der Waals surface area contributed by atoms with Crippen LogP contribution in [-0.4, -0.2) is 11.9 Å². The molecule has 0 aromatic carbocycles. The van der Waals surface area contributed by atoms with E-state index in [1.165, 1.54) is 0 Å². The number of amides is 1. The first kappa shape index (κ1) is 8.57. The highest BCUT2D eigenvalue weighted by atomic mass is 16.2. The van der Waals surface area contributed by atoms with Crippen molar-refractivity contribution in [1.82, 2.24) is 5.32 Å². The predicted molar refractivity (Wildman–Crippen MR) is 45.1 cm³/mol. The normalized spacial score (nSPS) is 37.9. The van der Waals surface area contributed by atoms with Gasteiger partial charge in [-0.25, -0.2) is 0 Å². The van der Waals surface area contributed by atoms with Crippen LogP contribution in [0.4, 0.5) is 0 Å². The molecule has 2 heteroatoms. The van der Waals surface area contributed by atoms with Gasteiger partial charge in [-0.15, -0.1) is 0 Å². The van der Waals surface area contributed by atoms with Crippen LogP contribution in [0.3, 0.4) is 0 Å². The van der Waals surface area contributed by atoms with Crippen molar-refractivity contribution < 1.29 is 4.79 Å². The first-order valence-electron chi connectivity index (χ1n) is 4.34. The molecule has 11 heavy (non-hydrogen) atoms. The van der Waals surface area contributed by atoms with Crippen LogP contribution in [0.5, 0.6) is 0 Å². The van der Waals surface area contributed by atoms with Crippen LogP contribution in [0, 0.1) is 17.8 Å². The van der Waals surface area contributed by atoms with Gasteiger partial charge in [-0.3, -0.25) is 4.79 Å². The zero-order valence-corrected chi connectivity index (χ0v) is 7.72. The minimum atomic E-state index is 0.197. The number of rotatable bonds is 1. The molecule has 3 unspecified atom stereocenters. The van der Waals surface area contributed by atoms with Crippen molar-refractivity contribution in [3.05, 3.63) is 0 Å². The lowest BCUT2D eigenvalue weighted by Crippen LogP contribution is -2.32. The SMILES string of the molecule is CC(C)C1NC(=O)C(C)C1C.